The van der Waals surface area contributed by atoms with E-state index in [9.17, 15) is 0 Å². The van der Waals surface area contributed by atoms with E-state index in [1.165, 1.54) is 50.8 Å². The number of imidazole rings is 1. The summed E-state index contributed by atoms with van der Waals surface area (Å²) in [4.78, 5) is 7.24. The van der Waals surface area contributed by atoms with Gasteiger partial charge in [0.1, 0.15) is 0 Å². The second kappa shape index (κ2) is 6.53. The van der Waals surface area contributed by atoms with Gasteiger partial charge < -0.3 is 15.6 Å². The maximum Gasteiger partial charge on any atom is 0.0921 e. The summed E-state index contributed by atoms with van der Waals surface area (Å²) < 4.78 is 0. The van der Waals surface area contributed by atoms with Crippen LogP contribution in [0.25, 0.3) is 0 Å². The van der Waals surface area contributed by atoms with Crippen molar-refractivity contribution in [3.8, 4) is 0 Å². The van der Waals surface area contributed by atoms with E-state index >= 15 is 0 Å². The van der Waals surface area contributed by atoms with Crippen LogP contribution < -0.4 is 10.6 Å². The molecular weight excluding hydrogens is 236 g/mol. The summed E-state index contributed by atoms with van der Waals surface area (Å²) in [7, 11) is 0. The van der Waals surface area contributed by atoms with Crippen LogP contribution in [0.15, 0.2) is 12.5 Å². The Kier molecular flexibility index (Phi) is 4.51. The normalized spacial score (nSPS) is 31.7. The molecule has 1 saturated carbocycles. The van der Waals surface area contributed by atoms with Gasteiger partial charge in [0.2, 0.25) is 0 Å². The van der Waals surface area contributed by atoms with E-state index in [4.69, 9.17) is 0 Å². The monoisotopic (exact) mass is 262 g/mol. The van der Waals surface area contributed by atoms with E-state index in [1.54, 1.807) is 6.33 Å². The maximum atomic E-state index is 4.07. The van der Waals surface area contributed by atoms with Gasteiger partial charge in [-0.25, -0.2) is 4.98 Å². The minimum Gasteiger partial charge on any atom is -0.348 e. The topological polar surface area (TPSA) is 52.7 Å². The number of aromatic nitrogens is 2. The summed E-state index contributed by atoms with van der Waals surface area (Å²) in [5, 5.41) is 7.52. The molecule has 4 nitrogen and oxygen atoms in total. The molecule has 0 aromatic carbocycles. The molecule has 3 atom stereocenters. The lowest BCUT2D eigenvalue weighted by Gasteiger charge is -2.33. The average molecular weight is 262 g/mol. The van der Waals surface area contributed by atoms with E-state index in [1.807, 2.05) is 6.20 Å². The Balaban J connectivity index is 1.46. The third-order valence-electron chi connectivity index (χ3n) is 4.79. The van der Waals surface area contributed by atoms with Crippen LogP contribution in [0.2, 0.25) is 0 Å². The van der Waals surface area contributed by atoms with E-state index in [0.717, 1.165) is 31.0 Å². The molecule has 3 N–H and O–H groups in total. The molecule has 0 bridgehead atoms. The highest BCUT2D eigenvalue weighted by Gasteiger charge is 2.33. The van der Waals surface area contributed by atoms with Gasteiger partial charge in [-0.3, -0.25) is 0 Å². The SMILES string of the molecule is c1ncc(CCNC2CCCC2C2CCCCN2)[nH]1. The second-order valence-corrected chi connectivity index (χ2v) is 6.04. The van der Waals surface area contributed by atoms with Crippen LogP contribution in [-0.2, 0) is 6.42 Å². The van der Waals surface area contributed by atoms with Crippen LogP contribution in [0.1, 0.15) is 44.2 Å². The third-order valence-corrected chi connectivity index (χ3v) is 4.79. The fourth-order valence-corrected chi connectivity index (χ4v) is 3.78. The predicted molar refractivity (Wildman–Crippen MR) is 77.1 cm³/mol. The van der Waals surface area contributed by atoms with Gasteiger partial charge in [0.05, 0.1) is 6.33 Å². The zero-order valence-corrected chi connectivity index (χ0v) is 11.7. The van der Waals surface area contributed by atoms with Crippen molar-refractivity contribution in [1.82, 2.24) is 20.6 Å². The lowest BCUT2D eigenvalue weighted by molar-refractivity contribution is 0.258. The lowest BCUT2D eigenvalue weighted by atomic mass is 9.88. The van der Waals surface area contributed by atoms with Crippen LogP contribution in [0.4, 0.5) is 0 Å². The van der Waals surface area contributed by atoms with Gasteiger partial charge in [-0.1, -0.05) is 12.8 Å². The van der Waals surface area contributed by atoms with Crippen LogP contribution in [-0.4, -0.2) is 35.1 Å². The number of nitrogens with zero attached hydrogens (tertiary/aromatic N) is 1. The summed E-state index contributed by atoms with van der Waals surface area (Å²) >= 11 is 0. The number of H-pyrrole nitrogens is 1. The molecule has 19 heavy (non-hydrogen) atoms. The molecule has 1 aromatic rings. The quantitative estimate of drug-likeness (QED) is 0.759. The third kappa shape index (κ3) is 3.37. The summed E-state index contributed by atoms with van der Waals surface area (Å²) in [6, 6.07) is 1.49. The van der Waals surface area contributed by atoms with E-state index in [-0.39, 0.29) is 0 Å². The number of hydrogen-bond acceptors (Lipinski definition) is 3. The van der Waals surface area contributed by atoms with Crippen molar-refractivity contribution in [2.24, 2.45) is 5.92 Å². The largest absolute Gasteiger partial charge is 0.348 e. The zero-order chi connectivity index (χ0) is 12.9. The smallest absolute Gasteiger partial charge is 0.0921 e. The number of hydrogen-bond donors (Lipinski definition) is 3. The van der Waals surface area contributed by atoms with Crippen molar-refractivity contribution in [3.63, 3.8) is 0 Å². The Hall–Kier alpha value is -0.870. The molecule has 1 aliphatic carbocycles. The first-order valence-corrected chi connectivity index (χ1v) is 7.87. The van der Waals surface area contributed by atoms with E-state index < -0.39 is 0 Å². The van der Waals surface area contributed by atoms with Crippen LogP contribution >= 0.6 is 0 Å². The van der Waals surface area contributed by atoms with Gasteiger partial charge in [-0.05, 0) is 38.1 Å². The van der Waals surface area contributed by atoms with Gasteiger partial charge in [-0.2, -0.15) is 0 Å². The lowest BCUT2D eigenvalue weighted by Crippen LogP contribution is -2.47. The number of rotatable bonds is 5. The van der Waals surface area contributed by atoms with Crippen molar-refractivity contribution in [3.05, 3.63) is 18.2 Å². The Labute approximate surface area is 115 Å². The fourth-order valence-electron chi connectivity index (χ4n) is 3.78. The summed E-state index contributed by atoms with van der Waals surface area (Å²) in [5.41, 5.74) is 1.23. The van der Waals surface area contributed by atoms with Crippen molar-refractivity contribution in [1.29, 1.82) is 0 Å². The zero-order valence-electron chi connectivity index (χ0n) is 11.7. The Morgan fingerprint density at radius 1 is 1.21 bits per heavy atom. The van der Waals surface area contributed by atoms with Crippen molar-refractivity contribution in [2.75, 3.05) is 13.1 Å². The molecule has 1 saturated heterocycles. The Bertz CT molecular complexity index is 356. The molecule has 3 rings (SSSR count). The van der Waals surface area contributed by atoms with Crippen molar-refractivity contribution >= 4 is 0 Å². The highest BCUT2D eigenvalue weighted by molar-refractivity contribution is 4.96. The van der Waals surface area contributed by atoms with Crippen LogP contribution in [0.5, 0.6) is 0 Å². The standard InChI is InChI=1S/C15H26N4/c1-2-8-17-14(5-1)13-4-3-6-15(13)18-9-7-12-10-16-11-19-12/h10-11,13-15,17-18H,1-9H2,(H,16,19). The molecule has 0 spiro atoms. The fraction of sp³-hybridized carbons (Fsp3) is 0.800. The predicted octanol–water partition coefficient (Wildman–Crippen LogP) is 1.85. The maximum absolute atomic E-state index is 4.07. The number of piperidine rings is 1. The Morgan fingerprint density at radius 2 is 2.21 bits per heavy atom. The molecule has 4 heteroatoms. The van der Waals surface area contributed by atoms with Gasteiger partial charge in [-0.15, -0.1) is 0 Å². The van der Waals surface area contributed by atoms with Gasteiger partial charge in [0.25, 0.3) is 0 Å². The number of nitrogens with one attached hydrogen (secondary N) is 3. The van der Waals surface area contributed by atoms with E-state index in [0.29, 0.717) is 0 Å². The molecule has 106 valence electrons. The highest BCUT2D eigenvalue weighted by atomic mass is 15.0. The minimum atomic E-state index is 0.721. The summed E-state index contributed by atoms with van der Waals surface area (Å²) in [6.45, 7) is 2.29. The van der Waals surface area contributed by atoms with E-state index in [2.05, 4.69) is 20.6 Å². The molecule has 2 fully saturated rings. The average Bonchev–Trinajstić information content (AvgIpc) is 3.11. The molecule has 2 aliphatic rings. The molecule has 0 radical (unpaired) electrons. The molecular formula is C15H26N4. The molecule has 3 unspecified atom stereocenters. The number of aromatic amines is 1. The molecule has 1 aromatic heterocycles. The summed E-state index contributed by atoms with van der Waals surface area (Å²) in [6.07, 6.45) is 13.0. The molecule has 1 aliphatic heterocycles. The van der Waals surface area contributed by atoms with Gasteiger partial charge in [0.15, 0.2) is 0 Å². The molecule has 0 amide bonds. The van der Waals surface area contributed by atoms with Crippen molar-refractivity contribution in [2.45, 2.75) is 57.0 Å². The summed E-state index contributed by atoms with van der Waals surface area (Å²) in [5.74, 6) is 0.849. The Morgan fingerprint density at radius 3 is 3.00 bits per heavy atom. The van der Waals surface area contributed by atoms with Gasteiger partial charge in [0, 0.05) is 36.9 Å². The van der Waals surface area contributed by atoms with Gasteiger partial charge >= 0.3 is 0 Å². The second-order valence-electron chi connectivity index (χ2n) is 6.04. The van der Waals surface area contributed by atoms with Crippen LogP contribution in [0, 0.1) is 5.92 Å². The molecule has 2 heterocycles. The highest BCUT2D eigenvalue weighted by Crippen LogP contribution is 2.31. The first-order chi connectivity index (χ1) is 9.43. The first kappa shape index (κ1) is 13.1. The van der Waals surface area contributed by atoms with Crippen LogP contribution in [0.3, 0.4) is 0 Å². The van der Waals surface area contributed by atoms with Crippen molar-refractivity contribution < 1.29 is 0 Å². The minimum absolute atomic E-state index is 0.721. The first-order valence-electron chi connectivity index (χ1n) is 7.87.